The van der Waals surface area contributed by atoms with Crippen molar-refractivity contribution in [3.05, 3.63) is 0 Å². The predicted molar refractivity (Wildman–Crippen MR) is 83.3 cm³/mol. The van der Waals surface area contributed by atoms with Gasteiger partial charge in [-0.3, -0.25) is 0 Å². The van der Waals surface area contributed by atoms with Crippen molar-refractivity contribution in [2.24, 2.45) is 11.8 Å². The molecule has 0 heterocycles. The molecule has 106 valence electrons. The van der Waals surface area contributed by atoms with Gasteiger partial charge >= 0.3 is 0 Å². The Morgan fingerprint density at radius 2 is 1.67 bits per heavy atom. The van der Waals surface area contributed by atoms with E-state index in [1.807, 2.05) is 0 Å². The minimum atomic E-state index is 0.825. The normalized spacial score (nSPS) is 30.7. The largest absolute Gasteiger partial charge is 0.311 e. The second-order valence-corrected chi connectivity index (χ2v) is 7.93. The third-order valence-electron chi connectivity index (χ3n) is 4.70. The van der Waals surface area contributed by atoms with Gasteiger partial charge in [0, 0.05) is 17.3 Å². The van der Waals surface area contributed by atoms with Crippen LogP contribution >= 0.6 is 11.8 Å². The van der Waals surface area contributed by atoms with Gasteiger partial charge in [0.25, 0.3) is 0 Å². The molecular weight excluding hydrogens is 238 g/mol. The van der Waals surface area contributed by atoms with E-state index in [1.165, 1.54) is 51.4 Å². The first kappa shape index (κ1) is 14.7. The predicted octanol–water partition coefficient (Wildman–Crippen LogP) is 4.47. The summed E-state index contributed by atoms with van der Waals surface area (Å²) in [4.78, 5) is 0. The standard InChI is InChI=1S/C16H31NS/c1-12(2)4-11-16(13-5-6-13)17-14-7-9-15(18-3)10-8-14/h12-17H,4-11H2,1-3H3. The van der Waals surface area contributed by atoms with Gasteiger partial charge in [-0.2, -0.15) is 11.8 Å². The van der Waals surface area contributed by atoms with E-state index >= 15 is 0 Å². The molecule has 2 fully saturated rings. The molecule has 1 atom stereocenters. The molecular formula is C16H31NS. The van der Waals surface area contributed by atoms with E-state index in [0.717, 1.165) is 29.2 Å². The Labute approximate surface area is 118 Å². The molecule has 2 saturated carbocycles. The van der Waals surface area contributed by atoms with E-state index in [-0.39, 0.29) is 0 Å². The van der Waals surface area contributed by atoms with Crippen molar-refractivity contribution in [3.63, 3.8) is 0 Å². The van der Waals surface area contributed by atoms with Crippen LogP contribution in [0.25, 0.3) is 0 Å². The Kier molecular flexibility index (Phi) is 5.88. The van der Waals surface area contributed by atoms with Crippen LogP contribution in [-0.2, 0) is 0 Å². The van der Waals surface area contributed by atoms with Crippen LogP contribution in [0, 0.1) is 11.8 Å². The Balaban J connectivity index is 1.71. The van der Waals surface area contributed by atoms with Crippen LogP contribution in [-0.4, -0.2) is 23.6 Å². The van der Waals surface area contributed by atoms with Crippen molar-refractivity contribution in [1.82, 2.24) is 5.32 Å². The number of thioether (sulfide) groups is 1. The molecule has 0 bridgehead atoms. The molecule has 1 unspecified atom stereocenters. The molecule has 0 saturated heterocycles. The van der Waals surface area contributed by atoms with Crippen LogP contribution < -0.4 is 5.32 Å². The van der Waals surface area contributed by atoms with Crippen molar-refractivity contribution >= 4 is 11.8 Å². The maximum atomic E-state index is 4.01. The van der Waals surface area contributed by atoms with Crippen molar-refractivity contribution in [3.8, 4) is 0 Å². The SMILES string of the molecule is CSC1CCC(NC(CCC(C)C)C2CC2)CC1. The smallest absolute Gasteiger partial charge is 0.00980 e. The van der Waals surface area contributed by atoms with E-state index in [2.05, 4.69) is 37.2 Å². The van der Waals surface area contributed by atoms with Gasteiger partial charge in [-0.15, -0.1) is 0 Å². The average molecular weight is 269 g/mol. The highest BCUT2D eigenvalue weighted by atomic mass is 32.2. The fraction of sp³-hybridized carbons (Fsp3) is 1.00. The van der Waals surface area contributed by atoms with Crippen LogP contribution in [0.5, 0.6) is 0 Å². The van der Waals surface area contributed by atoms with E-state index < -0.39 is 0 Å². The number of nitrogens with one attached hydrogen (secondary N) is 1. The molecule has 0 aromatic rings. The molecule has 18 heavy (non-hydrogen) atoms. The van der Waals surface area contributed by atoms with Gasteiger partial charge in [0.15, 0.2) is 0 Å². The van der Waals surface area contributed by atoms with Gasteiger partial charge in [0.05, 0.1) is 0 Å². The minimum absolute atomic E-state index is 0.825. The molecule has 0 amide bonds. The highest BCUT2D eigenvalue weighted by Gasteiger charge is 2.33. The average Bonchev–Trinajstić information content (AvgIpc) is 3.19. The van der Waals surface area contributed by atoms with E-state index in [1.54, 1.807) is 0 Å². The van der Waals surface area contributed by atoms with Gasteiger partial charge in [-0.05, 0) is 69.5 Å². The molecule has 0 radical (unpaired) electrons. The highest BCUT2D eigenvalue weighted by Crippen LogP contribution is 2.36. The third-order valence-corrected chi connectivity index (χ3v) is 5.84. The molecule has 1 nitrogen and oxygen atoms in total. The summed E-state index contributed by atoms with van der Waals surface area (Å²) in [6.07, 6.45) is 13.7. The Hall–Kier alpha value is 0.310. The van der Waals surface area contributed by atoms with Gasteiger partial charge in [-0.1, -0.05) is 13.8 Å². The van der Waals surface area contributed by atoms with Gasteiger partial charge in [-0.25, -0.2) is 0 Å². The quantitative estimate of drug-likeness (QED) is 0.732. The molecule has 2 rings (SSSR count). The minimum Gasteiger partial charge on any atom is -0.311 e. The molecule has 2 aliphatic carbocycles. The Bertz CT molecular complexity index is 229. The van der Waals surface area contributed by atoms with Gasteiger partial charge < -0.3 is 5.32 Å². The maximum absolute atomic E-state index is 4.01. The molecule has 0 aliphatic heterocycles. The summed E-state index contributed by atoms with van der Waals surface area (Å²) in [6.45, 7) is 4.71. The Morgan fingerprint density at radius 3 is 2.17 bits per heavy atom. The van der Waals surface area contributed by atoms with Crippen LogP contribution in [0.2, 0.25) is 0 Å². The zero-order valence-corrected chi connectivity index (χ0v) is 13.3. The second-order valence-electron chi connectivity index (χ2n) is 6.79. The van der Waals surface area contributed by atoms with E-state index in [4.69, 9.17) is 0 Å². The third kappa shape index (κ3) is 4.77. The topological polar surface area (TPSA) is 12.0 Å². The van der Waals surface area contributed by atoms with Crippen molar-refractivity contribution in [2.45, 2.75) is 82.5 Å². The van der Waals surface area contributed by atoms with Gasteiger partial charge in [0.2, 0.25) is 0 Å². The first-order chi connectivity index (χ1) is 8.69. The number of hydrogen-bond donors (Lipinski definition) is 1. The Morgan fingerprint density at radius 1 is 1.00 bits per heavy atom. The monoisotopic (exact) mass is 269 g/mol. The molecule has 1 N–H and O–H groups in total. The summed E-state index contributed by atoms with van der Waals surface area (Å²) in [6, 6.07) is 1.66. The zero-order valence-electron chi connectivity index (χ0n) is 12.5. The molecule has 0 aromatic heterocycles. The molecule has 0 aromatic carbocycles. The lowest BCUT2D eigenvalue weighted by atomic mass is 9.92. The van der Waals surface area contributed by atoms with Crippen LogP contribution in [0.4, 0.5) is 0 Å². The summed E-state index contributed by atoms with van der Waals surface area (Å²) in [5, 5.41) is 4.95. The number of rotatable bonds is 7. The van der Waals surface area contributed by atoms with E-state index in [0.29, 0.717) is 0 Å². The summed E-state index contributed by atoms with van der Waals surface area (Å²) >= 11 is 2.07. The first-order valence-electron chi connectivity index (χ1n) is 7.98. The van der Waals surface area contributed by atoms with Crippen LogP contribution in [0.3, 0.4) is 0 Å². The highest BCUT2D eigenvalue weighted by molar-refractivity contribution is 7.99. The zero-order chi connectivity index (χ0) is 13.0. The molecule has 2 aliphatic rings. The lowest BCUT2D eigenvalue weighted by Gasteiger charge is -2.32. The number of hydrogen-bond acceptors (Lipinski definition) is 2. The first-order valence-corrected chi connectivity index (χ1v) is 9.26. The van der Waals surface area contributed by atoms with Crippen LogP contribution in [0.1, 0.15) is 65.2 Å². The maximum Gasteiger partial charge on any atom is 0.00980 e. The summed E-state index contributed by atoms with van der Waals surface area (Å²) < 4.78 is 0. The van der Waals surface area contributed by atoms with Crippen molar-refractivity contribution in [2.75, 3.05) is 6.26 Å². The summed E-state index contributed by atoms with van der Waals surface area (Å²) in [5.41, 5.74) is 0. The fourth-order valence-corrected chi connectivity index (χ4v) is 3.98. The van der Waals surface area contributed by atoms with E-state index in [9.17, 15) is 0 Å². The molecule has 0 spiro atoms. The van der Waals surface area contributed by atoms with Crippen LogP contribution in [0.15, 0.2) is 0 Å². The summed E-state index contributed by atoms with van der Waals surface area (Å²) in [5.74, 6) is 1.88. The van der Waals surface area contributed by atoms with Gasteiger partial charge in [0.1, 0.15) is 0 Å². The van der Waals surface area contributed by atoms with Crippen molar-refractivity contribution in [1.29, 1.82) is 0 Å². The second kappa shape index (κ2) is 7.19. The van der Waals surface area contributed by atoms with Crippen molar-refractivity contribution < 1.29 is 0 Å². The molecule has 2 heteroatoms. The fourth-order valence-electron chi connectivity index (χ4n) is 3.23. The lowest BCUT2D eigenvalue weighted by molar-refractivity contribution is 0.303. The summed E-state index contributed by atoms with van der Waals surface area (Å²) in [7, 11) is 0. The lowest BCUT2D eigenvalue weighted by Crippen LogP contribution is -2.42.